The van der Waals surface area contributed by atoms with Crippen LogP contribution in [0.25, 0.3) is 0 Å². The number of amides is 1. The van der Waals surface area contributed by atoms with Gasteiger partial charge in [0.05, 0.1) is 5.92 Å². The van der Waals surface area contributed by atoms with E-state index in [1.807, 2.05) is 0 Å². The van der Waals surface area contributed by atoms with E-state index in [9.17, 15) is 19.5 Å². The van der Waals surface area contributed by atoms with E-state index in [1.54, 1.807) is 85.8 Å². The number of fused-ring (bicyclic) bond motifs is 1. The standard InChI is InChI=1S/C25H21NO5/c1-16-20-14-17(12-13-21(20)26-23(16)28)22(27)15-31-24(29)25(30,18-8-4-2-5-9-18)19-10-6-3-7-11-19/h2-14,16,30H,15H2,1H3,(H,26,28)/t16-/m1/s1. The van der Waals surface area contributed by atoms with Gasteiger partial charge in [-0.3, -0.25) is 9.59 Å². The lowest BCUT2D eigenvalue weighted by molar-refractivity contribution is -0.160. The smallest absolute Gasteiger partial charge is 0.348 e. The van der Waals surface area contributed by atoms with Gasteiger partial charge in [0, 0.05) is 11.3 Å². The molecule has 31 heavy (non-hydrogen) atoms. The topological polar surface area (TPSA) is 92.7 Å². The number of benzene rings is 3. The molecule has 3 aromatic carbocycles. The third kappa shape index (κ3) is 3.73. The molecular formula is C25H21NO5. The fourth-order valence-electron chi connectivity index (χ4n) is 3.67. The molecule has 4 rings (SSSR count). The van der Waals surface area contributed by atoms with E-state index in [0.29, 0.717) is 22.4 Å². The summed E-state index contributed by atoms with van der Waals surface area (Å²) in [6.07, 6.45) is 0. The number of ketones is 1. The number of carbonyl (C=O) groups excluding carboxylic acids is 3. The molecule has 1 heterocycles. The molecule has 0 spiro atoms. The molecule has 1 aliphatic rings. The lowest BCUT2D eigenvalue weighted by Gasteiger charge is -2.27. The molecule has 0 bridgehead atoms. The lowest BCUT2D eigenvalue weighted by Crippen LogP contribution is -2.39. The largest absolute Gasteiger partial charge is 0.455 e. The number of esters is 1. The molecule has 3 aromatic rings. The highest BCUT2D eigenvalue weighted by Gasteiger charge is 2.42. The number of hydrogen-bond acceptors (Lipinski definition) is 5. The van der Waals surface area contributed by atoms with Gasteiger partial charge in [-0.15, -0.1) is 0 Å². The normalized spacial score (nSPS) is 15.2. The summed E-state index contributed by atoms with van der Waals surface area (Å²) in [6, 6.07) is 21.8. The molecule has 0 unspecified atom stereocenters. The van der Waals surface area contributed by atoms with Gasteiger partial charge in [-0.2, -0.15) is 0 Å². The first-order chi connectivity index (χ1) is 14.9. The number of nitrogens with one attached hydrogen (secondary N) is 1. The van der Waals surface area contributed by atoms with Crippen LogP contribution in [0.4, 0.5) is 5.69 Å². The second-order valence-electron chi connectivity index (χ2n) is 7.45. The molecule has 0 saturated heterocycles. The molecule has 0 saturated carbocycles. The maximum atomic E-state index is 13.0. The van der Waals surface area contributed by atoms with Crippen molar-refractivity contribution in [2.75, 3.05) is 11.9 Å². The van der Waals surface area contributed by atoms with E-state index in [4.69, 9.17) is 4.74 Å². The number of hydrogen-bond donors (Lipinski definition) is 2. The van der Waals surface area contributed by atoms with Gasteiger partial charge < -0.3 is 15.2 Å². The van der Waals surface area contributed by atoms with Crippen LogP contribution >= 0.6 is 0 Å². The molecule has 0 fully saturated rings. The van der Waals surface area contributed by atoms with Crippen LogP contribution in [0.5, 0.6) is 0 Å². The van der Waals surface area contributed by atoms with Crippen molar-refractivity contribution in [1.82, 2.24) is 0 Å². The zero-order valence-corrected chi connectivity index (χ0v) is 16.9. The van der Waals surface area contributed by atoms with E-state index in [-0.39, 0.29) is 11.8 Å². The van der Waals surface area contributed by atoms with Gasteiger partial charge in [0.25, 0.3) is 0 Å². The first-order valence-corrected chi connectivity index (χ1v) is 9.90. The maximum absolute atomic E-state index is 13.0. The summed E-state index contributed by atoms with van der Waals surface area (Å²) in [5.74, 6) is -1.84. The molecule has 6 heteroatoms. The quantitative estimate of drug-likeness (QED) is 0.476. The molecule has 0 aromatic heterocycles. The minimum atomic E-state index is -2.05. The Hall–Kier alpha value is -3.77. The van der Waals surface area contributed by atoms with Crippen molar-refractivity contribution in [2.24, 2.45) is 0 Å². The van der Waals surface area contributed by atoms with Crippen LogP contribution < -0.4 is 5.32 Å². The van der Waals surface area contributed by atoms with Crippen LogP contribution in [0.1, 0.15) is 39.9 Å². The zero-order valence-electron chi connectivity index (χ0n) is 16.9. The van der Waals surface area contributed by atoms with E-state index >= 15 is 0 Å². The molecule has 1 aliphatic heterocycles. The van der Waals surface area contributed by atoms with Gasteiger partial charge in [-0.25, -0.2) is 4.79 Å². The summed E-state index contributed by atoms with van der Waals surface area (Å²) in [5.41, 5.74) is 0.369. The van der Waals surface area contributed by atoms with Crippen molar-refractivity contribution < 1.29 is 24.2 Å². The van der Waals surface area contributed by atoms with Crippen molar-refractivity contribution in [3.05, 3.63) is 101 Å². The minimum absolute atomic E-state index is 0.123. The van der Waals surface area contributed by atoms with Gasteiger partial charge in [0.15, 0.2) is 12.4 Å². The summed E-state index contributed by atoms with van der Waals surface area (Å²) in [4.78, 5) is 37.5. The first kappa shape index (κ1) is 20.5. The summed E-state index contributed by atoms with van der Waals surface area (Å²) < 4.78 is 5.28. The van der Waals surface area contributed by atoms with Crippen LogP contribution in [0.2, 0.25) is 0 Å². The number of ether oxygens (including phenoxy) is 1. The van der Waals surface area contributed by atoms with Crippen molar-refractivity contribution in [2.45, 2.75) is 18.4 Å². The minimum Gasteiger partial charge on any atom is -0.455 e. The number of carbonyl (C=O) groups is 3. The Kier molecular flexibility index (Phi) is 5.40. The number of aliphatic hydroxyl groups is 1. The molecule has 6 nitrogen and oxygen atoms in total. The molecule has 156 valence electrons. The summed E-state index contributed by atoms with van der Waals surface area (Å²) in [6.45, 7) is 1.23. The maximum Gasteiger partial charge on any atom is 0.348 e. The fraction of sp³-hybridized carbons (Fsp3) is 0.160. The van der Waals surface area contributed by atoms with Crippen molar-refractivity contribution >= 4 is 23.3 Å². The van der Waals surface area contributed by atoms with E-state index in [2.05, 4.69) is 5.32 Å². The molecule has 0 radical (unpaired) electrons. The SMILES string of the molecule is C[C@H]1C(=O)Nc2ccc(C(=O)COC(=O)C(O)(c3ccccc3)c3ccccc3)cc21. The van der Waals surface area contributed by atoms with Crippen LogP contribution in [-0.4, -0.2) is 29.4 Å². The Morgan fingerprint density at radius 2 is 1.55 bits per heavy atom. The Morgan fingerprint density at radius 1 is 0.968 bits per heavy atom. The van der Waals surface area contributed by atoms with Crippen LogP contribution in [0, 0.1) is 0 Å². The fourth-order valence-corrected chi connectivity index (χ4v) is 3.67. The molecule has 2 N–H and O–H groups in total. The number of anilines is 1. The van der Waals surface area contributed by atoms with Gasteiger partial charge in [0.2, 0.25) is 11.5 Å². The van der Waals surface area contributed by atoms with Gasteiger partial charge in [-0.05, 0) is 41.8 Å². The molecular weight excluding hydrogens is 394 g/mol. The van der Waals surface area contributed by atoms with Crippen molar-refractivity contribution in [3.8, 4) is 0 Å². The Balaban J connectivity index is 1.55. The van der Waals surface area contributed by atoms with Crippen LogP contribution in [-0.2, 0) is 19.9 Å². The van der Waals surface area contributed by atoms with Crippen LogP contribution in [0.3, 0.4) is 0 Å². The second-order valence-corrected chi connectivity index (χ2v) is 7.45. The second kappa shape index (κ2) is 8.16. The molecule has 0 aliphatic carbocycles. The highest BCUT2D eigenvalue weighted by molar-refractivity contribution is 6.05. The van der Waals surface area contributed by atoms with Crippen LogP contribution in [0.15, 0.2) is 78.9 Å². The van der Waals surface area contributed by atoms with Gasteiger partial charge in [0.1, 0.15) is 0 Å². The number of rotatable bonds is 6. The highest BCUT2D eigenvalue weighted by Crippen LogP contribution is 2.33. The summed E-state index contributed by atoms with van der Waals surface area (Å²) >= 11 is 0. The summed E-state index contributed by atoms with van der Waals surface area (Å²) in [7, 11) is 0. The Morgan fingerprint density at radius 3 is 2.13 bits per heavy atom. The average molecular weight is 415 g/mol. The monoisotopic (exact) mass is 415 g/mol. The predicted octanol–water partition coefficient (Wildman–Crippen LogP) is 3.40. The van der Waals surface area contributed by atoms with E-state index in [0.717, 1.165) is 5.56 Å². The zero-order chi connectivity index (χ0) is 22.0. The lowest BCUT2D eigenvalue weighted by atomic mass is 9.86. The van der Waals surface area contributed by atoms with E-state index in [1.165, 1.54) is 0 Å². The predicted molar refractivity (Wildman–Crippen MR) is 115 cm³/mol. The van der Waals surface area contributed by atoms with Crippen molar-refractivity contribution in [1.29, 1.82) is 0 Å². The highest BCUT2D eigenvalue weighted by atomic mass is 16.6. The average Bonchev–Trinajstić information content (AvgIpc) is 3.10. The Bertz CT molecular complexity index is 1100. The molecule has 1 atom stereocenters. The third-order valence-corrected chi connectivity index (χ3v) is 5.50. The van der Waals surface area contributed by atoms with Gasteiger partial charge in [-0.1, -0.05) is 60.7 Å². The summed E-state index contributed by atoms with van der Waals surface area (Å²) in [5, 5.41) is 14.1. The first-order valence-electron chi connectivity index (χ1n) is 9.90. The van der Waals surface area contributed by atoms with Crippen molar-refractivity contribution in [3.63, 3.8) is 0 Å². The third-order valence-electron chi connectivity index (χ3n) is 5.50. The molecule has 1 amide bonds. The van der Waals surface area contributed by atoms with E-state index < -0.39 is 24.0 Å². The van der Waals surface area contributed by atoms with Gasteiger partial charge >= 0.3 is 5.97 Å². The Labute approximate surface area is 179 Å². The number of Topliss-reactive ketones (excluding diaryl/α,β-unsaturated/α-hetero) is 1.